The molecule has 0 spiro atoms. The fourth-order valence-corrected chi connectivity index (χ4v) is 2.34. The summed E-state index contributed by atoms with van der Waals surface area (Å²) in [6.07, 6.45) is 4.90. The summed E-state index contributed by atoms with van der Waals surface area (Å²) in [5.41, 5.74) is 1.43. The van der Waals surface area contributed by atoms with Crippen LogP contribution in [0.4, 0.5) is 5.69 Å². The van der Waals surface area contributed by atoms with Crippen molar-refractivity contribution >= 4 is 17.3 Å². The van der Waals surface area contributed by atoms with Crippen LogP contribution in [0.3, 0.4) is 0 Å². The standard InChI is InChI=1S/C14H17ClN2O/c15-12-5-4-11(10-16)14(9-12)17-7-6-13-3-1-2-8-18-13/h4-5,9,13,17H,1-3,6-8H2. The molecule has 1 atom stereocenters. The van der Waals surface area contributed by atoms with Gasteiger partial charge >= 0.3 is 0 Å². The van der Waals surface area contributed by atoms with Crippen molar-refractivity contribution in [2.45, 2.75) is 31.8 Å². The van der Waals surface area contributed by atoms with Crippen molar-refractivity contribution in [1.29, 1.82) is 5.26 Å². The molecule has 2 rings (SSSR count). The zero-order valence-electron chi connectivity index (χ0n) is 10.3. The summed E-state index contributed by atoms with van der Waals surface area (Å²) in [5.74, 6) is 0. The molecule has 0 aliphatic carbocycles. The molecule has 0 bridgehead atoms. The van der Waals surface area contributed by atoms with Gasteiger partial charge in [0.2, 0.25) is 0 Å². The average Bonchev–Trinajstić information content (AvgIpc) is 2.40. The largest absolute Gasteiger partial charge is 0.384 e. The summed E-state index contributed by atoms with van der Waals surface area (Å²) in [6, 6.07) is 7.42. The van der Waals surface area contributed by atoms with Gasteiger partial charge in [0, 0.05) is 18.2 Å². The first-order valence-electron chi connectivity index (χ1n) is 6.35. The Hall–Kier alpha value is -1.24. The second-order valence-electron chi connectivity index (χ2n) is 4.51. The number of nitriles is 1. The highest BCUT2D eigenvalue weighted by molar-refractivity contribution is 6.30. The van der Waals surface area contributed by atoms with E-state index in [4.69, 9.17) is 21.6 Å². The lowest BCUT2D eigenvalue weighted by Crippen LogP contribution is -2.22. The van der Waals surface area contributed by atoms with E-state index < -0.39 is 0 Å². The Balaban J connectivity index is 1.86. The first-order chi connectivity index (χ1) is 8.79. The van der Waals surface area contributed by atoms with Gasteiger partial charge in [0.05, 0.1) is 17.4 Å². The molecular weight excluding hydrogens is 248 g/mol. The second-order valence-corrected chi connectivity index (χ2v) is 4.94. The maximum atomic E-state index is 9.00. The molecule has 1 fully saturated rings. The third-order valence-electron chi connectivity index (χ3n) is 3.16. The van der Waals surface area contributed by atoms with Crippen molar-refractivity contribution in [2.24, 2.45) is 0 Å². The van der Waals surface area contributed by atoms with E-state index in [9.17, 15) is 0 Å². The minimum Gasteiger partial charge on any atom is -0.384 e. The van der Waals surface area contributed by atoms with Crippen LogP contribution in [0, 0.1) is 11.3 Å². The molecule has 1 saturated heterocycles. The van der Waals surface area contributed by atoms with Gasteiger partial charge in [0.25, 0.3) is 0 Å². The molecular formula is C14H17ClN2O. The van der Waals surface area contributed by atoms with Crippen LogP contribution in [0.2, 0.25) is 5.02 Å². The Morgan fingerprint density at radius 2 is 2.33 bits per heavy atom. The van der Waals surface area contributed by atoms with Crippen molar-refractivity contribution in [2.75, 3.05) is 18.5 Å². The number of hydrogen-bond donors (Lipinski definition) is 1. The summed E-state index contributed by atoms with van der Waals surface area (Å²) in [4.78, 5) is 0. The Morgan fingerprint density at radius 1 is 1.44 bits per heavy atom. The molecule has 4 heteroatoms. The molecule has 1 aliphatic heterocycles. The Morgan fingerprint density at radius 3 is 3.06 bits per heavy atom. The van der Waals surface area contributed by atoms with Crippen LogP contribution in [-0.4, -0.2) is 19.3 Å². The van der Waals surface area contributed by atoms with Crippen molar-refractivity contribution in [1.82, 2.24) is 0 Å². The van der Waals surface area contributed by atoms with Gasteiger partial charge < -0.3 is 10.1 Å². The van der Waals surface area contributed by atoms with Crippen molar-refractivity contribution in [3.05, 3.63) is 28.8 Å². The predicted molar refractivity (Wildman–Crippen MR) is 72.9 cm³/mol. The first kappa shape index (κ1) is 13.2. The van der Waals surface area contributed by atoms with E-state index in [1.165, 1.54) is 12.8 Å². The lowest BCUT2D eigenvalue weighted by molar-refractivity contribution is 0.0134. The normalized spacial score (nSPS) is 19.2. The highest BCUT2D eigenvalue weighted by Gasteiger charge is 2.13. The van der Waals surface area contributed by atoms with Crippen molar-refractivity contribution in [3.63, 3.8) is 0 Å². The highest BCUT2D eigenvalue weighted by atomic mass is 35.5. The Bertz CT molecular complexity index is 436. The quantitative estimate of drug-likeness (QED) is 0.904. The number of anilines is 1. The van der Waals surface area contributed by atoms with Crippen molar-refractivity contribution in [3.8, 4) is 6.07 Å². The van der Waals surface area contributed by atoms with Gasteiger partial charge in [-0.2, -0.15) is 5.26 Å². The van der Waals surface area contributed by atoms with Crippen LogP contribution in [0.5, 0.6) is 0 Å². The van der Waals surface area contributed by atoms with Crippen LogP contribution in [-0.2, 0) is 4.74 Å². The Labute approximate surface area is 113 Å². The molecule has 1 unspecified atom stereocenters. The van der Waals surface area contributed by atoms with Crippen LogP contribution >= 0.6 is 11.6 Å². The number of nitrogens with zero attached hydrogens (tertiary/aromatic N) is 1. The molecule has 0 saturated carbocycles. The molecule has 3 nitrogen and oxygen atoms in total. The molecule has 96 valence electrons. The van der Waals surface area contributed by atoms with Crippen LogP contribution in [0.25, 0.3) is 0 Å². The number of rotatable bonds is 4. The average molecular weight is 265 g/mol. The van der Waals surface area contributed by atoms with E-state index in [-0.39, 0.29) is 0 Å². The third kappa shape index (κ3) is 3.63. The van der Waals surface area contributed by atoms with Crippen LogP contribution < -0.4 is 5.32 Å². The number of nitrogens with one attached hydrogen (secondary N) is 1. The summed E-state index contributed by atoms with van der Waals surface area (Å²) >= 11 is 5.93. The van der Waals surface area contributed by atoms with Gasteiger partial charge in [-0.1, -0.05) is 11.6 Å². The lowest BCUT2D eigenvalue weighted by Gasteiger charge is -2.22. The minimum absolute atomic E-state index is 0.357. The van der Waals surface area contributed by atoms with E-state index in [1.807, 2.05) is 0 Å². The topological polar surface area (TPSA) is 45.0 Å². The highest BCUT2D eigenvalue weighted by Crippen LogP contribution is 2.21. The van der Waals surface area contributed by atoms with Crippen LogP contribution in [0.15, 0.2) is 18.2 Å². The molecule has 0 amide bonds. The summed E-state index contributed by atoms with van der Waals surface area (Å²) in [5, 5.41) is 12.9. The predicted octanol–water partition coefficient (Wildman–Crippen LogP) is 3.58. The van der Waals surface area contributed by atoms with E-state index >= 15 is 0 Å². The van der Waals surface area contributed by atoms with Gasteiger partial charge in [-0.05, 0) is 43.9 Å². The van der Waals surface area contributed by atoms with Gasteiger partial charge in [-0.3, -0.25) is 0 Å². The molecule has 1 heterocycles. The fraction of sp³-hybridized carbons (Fsp3) is 0.500. The number of halogens is 1. The van der Waals surface area contributed by atoms with E-state index in [0.29, 0.717) is 16.7 Å². The second kappa shape index (κ2) is 6.63. The maximum Gasteiger partial charge on any atom is 0.101 e. The van der Waals surface area contributed by atoms with Crippen molar-refractivity contribution < 1.29 is 4.74 Å². The molecule has 1 aromatic carbocycles. The lowest BCUT2D eigenvalue weighted by atomic mass is 10.1. The molecule has 1 aromatic rings. The zero-order chi connectivity index (χ0) is 12.8. The zero-order valence-corrected chi connectivity index (χ0v) is 11.0. The number of hydrogen-bond acceptors (Lipinski definition) is 3. The van der Waals surface area contributed by atoms with Crippen LogP contribution in [0.1, 0.15) is 31.2 Å². The van der Waals surface area contributed by atoms with Gasteiger partial charge in [0.15, 0.2) is 0 Å². The number of benzene rings is 1. The number of ether oxygens (including phenoxy) is 1. The van der Waals surface area contributed by atoms with Gasteiger partial charge in [0.1, 0.15) is 6.07 Å². The maximum absolute atomic E-state index is 9.00. The summed E-state index contributed by atoms with van der Waals surface area (Å²) in [6.45, 7) is 1.69. The van der Waals surface area contributed by atoms with E-state index in [2.05, 4.69) is 11.4 Å². The third-order valence-corrected chi connectivity index (χ3v) is 3.39. The summed E-state index contributed by atoms with van der Waals surface area (Å²) in [7, 11) is 0. The molecule has 0 radical (unpaired) electrons. The fourth-order valence-electron chi connectivity index (χ4n) is 2.16. The Kier molecular flexibility index (Phi) is 4.86. The molecule has 18 heavy (non-hydrogen) atoms. The van der Waals surface area contributed by atoms with Gasteiger partial charge in [-0.25, -0.2) is 0 Å². The van der Waals surface area contributed by atoms with E-state index in [1.54, 1.807) is 18.2 Å². The van der Waals surface area contributed by atoms with E-state index in [0.717, 1.165) is 31.7 Å². The molecule has 0 aromatic heterocycles. The SMILES string of the molecule is N#Cc1ccc(Cl)cc1NCCC1CCCCO1. The molecule has 1 aliphatic rings. The minimum atomic E-state index is 0.357. The smallest absolute Gasteiger partial charge is 0.101 e. The first-order valence-corrected chi connectivity index (χ1v) is 6.72. The summed E-state index contributed by atoms with van der Waals surface area (Å²) < 4.78 is 5.67. The monoisotopic (exact) mass is 264 g/mol. The molecule has 1 N–H and O–H groups in total. The van der Waals surface area contributed by atoms with Gasteiger partial charge in [-0.15, -0.1) is 0 Å².